The normalized spacial score (nSPS) is 19.0. The molecule has 12 heteroatoms. The van der Waals surface area contributed by atoms with Gasteiger partial charge in [-0.1, -0.05) is 60.2 Å². The summed E-state index contributed by atoms with van der Waals surface area (Å²) in [7, 11) is 0. The molecule has 0 fully saturated rings. The molecule has 1 aliphatic rings. The number of rotatable bonds is 12. The second kappa shape index (κ2) is 12.9. The topological polar surface area (TPSA) is 147 Å². The highest BCUT2D eigenvalue weighted by atomic mass is 35.5. The van der Waals surface area contributed by atoms with Crippen LogP contribution >= 0.6 is 23.2 Å². The molecule has 42 heavy (non-hydrogen) atoms. The molecule has 4 N–H and O–H groups in total. The molecule has 1 aromatic heterocycles. The summed E-state index contributed by atoms with van der Waals surface area (Å²) < 4.78 is 16.9. The highest BCUT2D eigenvalue weighted by Gasteiger charge is 2.39. The number of aliphatic carboxylic acids is 1. The molecule has 0 aliphatic heterocycles. The summed E-state index contributed by atoms with van der Waals surface area (Å²) in [6.45, 7) is -0.654. The fourth-order valence-corrected chi connectivity index (χ4v) is 5.02. The Morgan fingerprint density at radius 2 is 1.86 bits per heavy atom. The Balaban J connectivity index is 1.36. The summed E-state index contributed by atoms with van der Waals surface area (Å²) in [5.74, 6) is -0.625. The second-order valence-corrected chi connectivity index (χ2v) is 10.6. The average molecular weight is 612 g/mol. The van der Waals surface area contributed by atoms with E-state index in [2.05, 4.69) is 15.6 Å². The van der Waals surface area contributed by atoms with Gasteiger partial charge in [0, 0.05) is 18.2 Å². The SMILES string of the molecule is O=C(O)C(CO)NCc1cc(Cl)c(OCC2(O)C=CC=C(c3ccccc3)C2Cl)cc1OCc1ccc2nonc2c1. The number of carboxylic acid groups (broad SMARTS) is 1. The van der Waals surface area contributed by atoms with Crippen molar-refractivity contribution in [3.63, 3.8) is 0 Å². The number of fused-ring (bicyclic) bond motifs is 1. The van der Waals surface area contributed by atoms with Crippen LogP contribution in [0.1, 0.15) is 16.7 Å². The van der Waals surface area contributed by atoms with Gasteiger partial charge in [0.25, 0.3) is 0 Å². The van der Waals surface area contributed by atoms with E-state index in [1.807, 2.05) is 42.5 Å². The second-order valence-electron chi connectivity index (χ2n) is 9.71. The minimum Gasteiger partial charge on any atom is -0.488 e. The lowest BCUT2D eigenvalue weighted by atomic mass is 9.86. The first-order valence-electron chi connectivity index (χ1n) is 12.9. The highest BCUT2D eigenvalue weighted by Crippen LogP contribution is 2.38. The van der Waals surface area contributed by atoms with E-state index >= 15 is 0 Å². The molecule has 3 unspecified atom stereocenters. The van der Waals surface area contributed by atoms with E-state index in [1.165, 1.54) is 0 Å². The van der Waals surface area contributed by atoms with Gasteiger partial charge in [-0.05, 0) is 51.3 Å². The largest absolute Gasteiger partial charge is 0.488 e. The summed E-state index contributed by atoms with van der Waals surface area (Å²) in [5, 5.41) is 40.0. The number of hydrogen-bond donors (Lipinski definition) is 4. The molecule has 0 amide bonds. The molecule has 0 saturated carbocycles. The monoisotopic (exact) mass is 611 g/mol. The van der Waals surface area contributed by atoms with Crippen LogP contribution in [0.5, 0.6) is 11.5 Å². The zero-order valence-corrected chi connectivity index (χ0v) is 23.6. The maximum Gasteiger partial charge on any atom is 0.323 e. The molecule has 1 heterocycles. The summed E-state index contributed by atoms with van der Waals surface area (Å²) in [6.07, 6.45) is 5.17. The molecule has 0 saturated heterocycles. The summed E-state index contributed by atoms with van der Waals surface area (Å²) in [4.78, 5) is 11.4. The molecule has 3 atom stereocenters. The van der Waals surface area contributed by atoms with Gasteiger partial charge in [0.2, 0.25) is 0 Å². The van der Waals surface area contributed by atoms with Gasteiger partial charge < -0.3 is 24.8 Å². The van der Waals surface area contributed by atoms with E-state index < -0.39 is 29.6 Å². The lowest BCUT2D eigenvalue weighted by molar-refractivity contribution is -0.140. The lowest BCUT2D eigenvalue weighted by Crippen LogP contribution is -2.44. The Bertz CT molecular complexity index is 1630. The van der Waals surface area contributed by atoms with Gasteiger partial charge in [-0.25, -0.2) is 4.63 Å². The standard InChI is InChI=1S/C30H27Cl2N3O7/c31-22-12-20(14-33-25(15-36)29(37)38)26(40-16-18-8-9-23-24(11-18)35-42-34-23)13-27(22)41-17-30(39)10-4-7-21(28(30)32)19-5-2-1-3-6-19/h1-13,25,28,33,36,39H,14-17H2,(H,37,38). The number of benzene rings is 3. The van der Waals surface area contributed by atoms with E-state index in [0.29, 0.717) is 22.3 Å². The zero-order chi connectivity index (χ0) is 29.7. The van der Waals surface area contributed by atoms with Crippen LogP contribution in [0.25, 0.3) is 16.6 Å². The predicted molar refractivity (Wildman–Crippen MR) is 157 cm³/mol. The van der Waals surface area contributed by atoms with E-state index in [4.69, 9.17) is 37.3 Å². The number of ether oxygens (including phenoxy) is 2. The minimum atomic E-state index is -1.54. The molecule has 10 nitrogen and oxygen atoms in total. The van der Waals surface area contributed by atoms with Gasteiger partial charge in [0.05, 0.1) is 17.0 Å². The van der Waals surface area contributed by atoms with Crippen LogP contribution in [-0.4, -0.2) is 61.8 Å². The van der Waals surface area contributed by atoms with Crippen molar-refractivity contribution in [2.75, 3.05) is 13.2 Å². The first-order valence-corrected chi connectivity index (χ1v) is 13.8. The average Bonchev–Trinajstić information content (AvgIpc) is 3.46. The Hall–Kier alpha value is -3.93. The van der Waals surface area contributed by atoms with E-state index in [0.717, 1.165) is 16.7 Å². The van der Waals surface area contributed by atoms with Crippen LogP contribution < -0.4 is 14.8 Å². The van der Waals surface area contributed by atoms with Crippen LogP contribution in [-0.2, 0) is 17.9 Å². The fraction of sp³-hybridized carbons (Fsp3) is 0.233. The van der Waals surface area contributed by atoms with Crippen LogP contribution in [0, 0.1) is 0 Å². The van der Waals surface area contributed by atoms with Gasteiger partial charge in [-0.3, -0.25) is 10.1 Å². The van der Waals surface area contributed by atoms with Crippen LogP contribution in [0.15, 0.2) is 83.5 Å². The molecule has 0 spiro atoms. The van der Waals surface area contributed by atoms with Crippen molar-refractivity contribution in [1.82, 2.24) is 15.6 Å². The van der Waals surface area contributed by atoms with Crippen molar-refractivity contribution in [2.24, 2.45) is 0 Å². The van der Waals surface area contributed by atoms with Gasteiger partial charge in [-0.2, -0.15) is 0 Å². The minimum absolute atomic E-state index is 0.0285. The number of nitrogens with zero attached hydrogens (tertiary/aromatic N) is 2. The number of aliphatic hydroxyl groups excluding tert-OH is 1. The number of carboxylic acids is 1. The first kappa shape index (κ1) is 29.6. The first-order chi connectivity index (χ1) is 20.3. The van der Waals surface area contributed by atoms with Gasteiger partial charge >= 0.3 is 5.97 Å². The van der Waals surface area contributed by atoms with Crippen LogP contribution in [0.2, 0.25) is 5.02 Å². The molecular formula is C30H27Cl2N3O7. The number of hydrogen-bond acceptors (Lipinski definition) is 9. The van der Waals surface area contributed by atoms with Crippen molar-refractivity contribution in [3.05, 3.63) is 101 Å². The van der Waals surface area contributed by atoms with E-state index in [-0.39, 0.29) is 30.5 Å². The predicted octanol–water partition coefficient (Wildman–Crippen LogP) is 4.36. The zero-order valence-electron chi connectivity index (χ0n) is 22.1. The van der Waals surface area contributed by atoms with Crippen molar-refractivity contribution in [1.29, 1.82) is 0 Å². The molecule has 218 valence electrons. The fourth-order valence-electron chi connectivity index (χ4n) is 4.45. The van der Waals surface area contributed by atoms with Gasteiger partial charge in [-0.15, -0.1) is 11.6 Å². The molecule has 5 rings (SSSR count). The van der Waals surface area contributed by atoms with Crippen molar-refractivity contribution in [3.8, 4) is 11.5 Å². The summed E-state index contributed by atoms with van der Waals surface area (Å²) in [6, 6.07) is 16.8. The maximum absolute atomic E-state index is 11.4. The maximum atomic E-state index is 11.4. The van der Waals surface area contributed by atoms with E-state index in [9.17, 15) is 20.1 Å². The number of halogens is 2. The van der Waals surface area contributed by atoms with Crippen molar-refractivity contribution >= 4 is 45.8 Å². The van der Waals surface area contributed by atoms with Crippen LogP contribution in [0.4, 0.5) is 0 Å². The molecule has 0 radical (unpaired) electrons. The quantitative estimate of drug-likeness (QED) is 0.170. The third-order valence-electron chi connectivity index (χ3n) is 6.79. The molecule has 3 aromatic carbocycles. The number of alkyl halides is 1. The lowest BCUT2D eigenvalue weighted by Gasteiger charge is -2.33. The summed E-state index contributed by atoms with van der Waals surface area (Å²) in [5.41, 5.74) is 2.57. The van der Waals surface area contributed by atoms with Gasteiger partial charge in [0.15, 0.2) is 0 Å². The van der Waals surface area contributed by atoms with E-state index in [1.54, 1.807) is 36.4 Å². The third kappa shape index (κ3) is 6.59. The number of aliphatic hydroxyl groups is 2. The van der Waals surface area contributed by atoms with Crippen molar-refractivity contribution in [2.45, 2.75) is 30.2 Å². The smallest absolute Gasteiger partial charge is 0.323 e. The molecular weight excluding hydrogens is 585 g/mol. The Kier molecular flexibility index (Phi) is 9.10. The molecule has 0 bridgehead atoms. The number of aromatic nitrogens is 2. The van der Waals surface area contributed by atoms with Gasteiger partial charge in [0.1, 0.15) is 47.4 Å². The number of nitrogens with one attached hydrogen (secondary N) is 1. The molecule has 4 aromatic rings. The Labute approximate surface area is 250 Å². The number of allylic oxidation sites excluding steroid dienone is 2. The highest BCUT2D eigenvalue weighted by molar-refractivity contribution is 6.32. The molecule has 1 aliphatic carbocycles. The number of carbonyl (C=O) groups is 1. The summed E-state index contributed by atoms with van der Waals surface area (Å²) >= 11 is 13.3. The Morgan fingerprint density at radius 3 is 2.62 bits per heavy atom. The Morgan fingerprint density at radius 1 is 1.07 bits per heavy atom. The van der Waals surface area contributed by atoms with Crippen LogP contribution in [0.3, 0.4) is 0 Å². The third-order valence-corrected chi connectivity index (χ3v) is 7.69. The van der Waals surface area contributed by atoms with Crippen molar-refractivity contribution < 1.29 is 34.2 Å².